The zero-order valence-corrected chi connectivity index (χ0v) is 22.0. The van der Waals surface area contributed by atoms with Gasteiger partial charge in [-0.3, -0.25) is 9.59 Å². The predicted octanol–water partition coefficient (Wildman–Crippen LogP) is 7.07. The third kappa shape index (κ3) is 6.28. The molecule has 0 radical (unpaired) electrons. The van der Waals surface area contributed by atoms with Gasteiger partial charge < -0.3 is 19.7 Å². The van der Waals surface area contributed by atoms with Crippen molar-refractivity contribution in [1.82, 2.24) is 0 Å². The van der Waals surface area contributed by atoms with Crippen LogP contribution in [0, 0.1) is 13.8 Å². The Labute approximate surface area is 216 Å². The van der Waals surface area contributed by atoms with Crippen molar-refractivity contribution in [1.29, 1.82) is 0 Å². The highest BCUT2D eigenvalue weighted by molar-refractivity contribution is 5.97. The Kier molecular flexibility index (Phi) is 8.56. The molecule has 192 valence electrons. The number of carbonyl (C=O) groups excluding carboxylic acids is 2. The minimum Gasteiger partial charge on any atom is -0.507 e. The van der Waals surface area contributed by atoms with E-state index in [1.54, 1.807) is 19.1 Å². The first-order chi connectivity index (χ1) is 17.5. The summed E-state index contributed by atoms with van der Waals surface area (Å²) in [7, 11) is 0. The Bertz CT molecular complexity index is 1510. The molecular formula is C31H32O6. The van der Waals surface area contributed by atoms with Crippen LogP contribution >= 0.6 is 0 Å². The van der Waals surface area contributed by atoms with Crippen molar-refractivity contribution in [3.63, 3.8) is 0 Å². The highest BCUT2D eigenvalue weighted by Gasteiger charge is 2.18. The molecule has 0 fully saturated rings. The van der Waals surface area contributed by atoms with Gasteiger partial charge in [-0.25, -0.2) is 0 Å². The number of hydrogen-bond donors (Lipinski definition) is 2. The van der Waals surface area contributed by atoms with Crippen LogP contribution in [0.3, 0.4) is 0 Å². The third-order valence-electron chi connectivity index (χ3n) is 5.87. The van der Waals surface area contributed by atoms with E-state index in [4.69, 9.17) is 9.47 Å². The molecule has 0 spiro atoms. The zero-order chi connectivity index (χ0) is 27.3. The average Bonchev–Trinajstić information content (AvgIpc) is 2.84. The van der Waals surface area contributed by atoms with E-state index in [9.17, 15) is 19.8 Å². The predicted molar refractivity (Wildman–Crippen MR) is 146 cm³/mol. The van der Waals surface area contributed by atoms with E-state index in [2.05, 4.69) is 0 Å². The summed E-state index contributed by atoms with van der Waals surface area (Å²) < 4.78 is 10.6. The number of fused-ring (bicyclic) bond motifs is 2. The van der Waals surface area contributed by atoms with Crippen molar-refractivity contribution in [2.75, 3.05) is 0 Å². The Morgan fingerprint density at radius 3 is 1.78 bits per heavy atom. The topological polar surface area (TPSA) is 93.1 Å². The number of allylic oxidation sites excluding steroid dienone is 2. The van der Waals surface area contributed by atoms with Crippen LogP contribution < -0.4 is 9.47 Å². The van der Waals surface area contributed by atoms with Gasteiger partial charge in [0.2, 0.25) is 0 Å². The van der Waals surface area contributed by atoms with Crippen molar-refractivity contribution in [2.24, 2.45) is 0 Å². The van der Waals surface area contributed by atoms with Gasteiger partial charge in [-0.2, -0.15) is 0 Å². The van der Waals surface area contributed by atoms with Crippen molar-refractivity contribution >= 4 is 33.5 Å². The van der Waals surface area contributed by atoms with Crippen LogP contribution in [0.15, 0.2) is 66.2 Å². The molecule has 37 heavy (non-hydrogen) atoms. The van der Waals surface area contributed by atoms with E-state index >= 15 is 0 Å². The lowest BCUT2D eigenvalue weighted by atomic mass is 9.96. The van der Waals surface area contributed by atoms with E-state index < -0.39 is 0 Å². The smallest absolute Gasteiger partial charge is 0.308 e. The third-order valence-corrected chi connectivity index (χ3v) is 5.87. The Morgan fingerprint density at radius 2 is 1.24 bits per heavy atom. The number of aromatic hydroxyl groups is 2. The first kappa shape index (κ1) is 27.3. The molecule has 0 bridgehead atoms. The lowest BCUT2D eigenvalue weighted by molar-refractivity contribution is -0.132. The Balaban J connectivity index is 0.000000213. The molecule has 0 aliphatic heterocycles. The maximum atomic E-state index is 11.4. The van der Waals surface area contributed by atoms with Crippen molar-refractivity contribution < 1.29 is 29.3 Å². The molecular weight excluding hydrogens is 468 g/mol. The monoisotopic (exact) mass is 500 g/mol. The summed E-state index contributed by atoms with van der Waals surface area (Å²) >= 11 is 0. The van der Waals surface area contributed by atoms with Gasteiger partial charge in [-0.05, 0) is 51.3 Å². The normalized spacial score (nSPS) is 10.4. The largest absolute Gasteiger partial charge is 0.507 e. The van der Waals surface area contributed by atoms with E-state index in [1.807, 2.05) is 69.3 Å². The van der Waals surface area contributed by atoms with Crippen molar-refractivity contribution in [3.8, 4) is 23.0 Å². The van der Waals surface area contributed by atoms with Crippen LogP contribution in [0.1, 0.15) is 44.4 Å². The van der Waals surface area contributed by atoms with E-state index in [0.717, 1.165) is 27.5 Å². The molecule has 0 heterocycles. The molecule has 0 aliphatic carbocycles. The van der Waals surface area contributed by atoms with Crippen LogP contribution in [0.5, 0.6) is 23.0 Å². The number of rotatable bonds is 4. The number of phenolic OH excluding ortho intramolecular Hbond substituents is 2. The fourth-order valence-electron chi connectivity index (χ4n) is 4.14. The average molecular weight is 501 g/mol. The first-order valence-corrected chi connectivity index (χ1v) is 12.0. The summed E-state index contributed by atoms with van der Waals surface area (Å²) in [4.78, 5) is 22.4. The molecule has 0 aliphatic rings. The van der Waals surface area contributed by atoms with Crippen LogP contribution in [0.2, 0.25) is 0 Å². The van der Waals surface area contributed by atoms with Gasteiger partial charge >= 0.3 is 11.9 Å². The number of carbonyl (C=O) groups is 2. The molecule has 0 aromatic heterocycles. The summed E-state index contributed by atoms with van der Waals surface area (Å²) in [6.45, 7) is 10.4. The van der Waals surface area contributed by atoms with Gasteiger partial charge in [0.25, 0.3) is 0 Å². The standard InChI is InChI=1S/C18H20O3.C13H12O3/c1-11(2)9-10-14-12(3)18(21-13(4)19)16-8-6-5-7-15(16)17(14)20;1-8-7-12(15)10-5-3-4-6-11(10)13(8)16-9(2)14/h5-9,20H,10H2,1-4H3;3-7,15H,1-2H3. The summed E-state index contributed by atoms with van der Waals surface area (Å²) in [5.74, 6) is 0.788. The minimum atomic E-state index is -0.362. The highest BCUT2D eigenvalue weighted by atomic mass is 16.5. The maximum Gasteiger partial charge on any atom is 0.308 e. The number of benzene rings is 4. The molecule has 0 atom stereocenters. The van der Waals surface area contributed by atoms with Crippen LogP contribution in [-0.2, 0) is 16.0 Å². The quantitative estimate of drug-likeness (QED) is 0.177. The van der Waals surface area contributed by atoms with Gasteiger partial charge in [0.15, 0.2) is 0 Å². The number of ether oxygens (including phenoxy) is 2. The Morgan fingerprint density at radius 1 is 0.757 bits per heavy atom. The molecule has 0 amide bonds. The SMILES string of the molecule is CC(=O)Oc1c(C)c(CC=C(C)C)c(O)c2ccccc12.CC(=O)Oc1c(C)cc(O)c2ccccc12. The van der Waals surface area contributed by atoms with Crippen LogP contribution in [0.25, 0.3) is 21.5 Å². The molecule has 0 saturated heterocycles. The van der Waals surface area contributed by atoms with E-state index in [0.29, 0.717) is 28.7 Å². The molecule has 6 heteroatoms. The zero-order valence-electron chi connectivity index (χ0n) is 22.0. The number of phenols is 2. The molecule has 0 saturated carbocycles. The summed E-state index contributed by atoms with van der Waals surface area (Å²) in [5.41, 5.74) is 3.52. The number of hydrogen-bond acceptors (Lipinski definition) is 6. The second-order valence-electron chi connectivity index (χ2n) is 9.09. The molecule has 4 aromatic carbocycles. The molecule has 4 rings (SSSR count). The summed E-state index contributed by atoms with van der Waals surface area (Å²) in [5, 5.41) is 23.2. The van der Waals surface area contributed by atoms with Crippen molar-refractivity contribution in [2.45, 2.75) is 48.0 Å². The molecule has 2 N–H and O–H groups in total. The number of aryl methyl sites for hydroxylation is 1. The van der Waals surface area contributed by atoms with E-state index in [1.165, 1.54) is 19.4 Å². The summed E-state index contributed by atoms with van der Waals surface area (Å²) in [6.07, 6.45) is 2.66. The molecule has 4 aromatic rings. The van der Waals surface area contributed by atoms with Gasteiger partial charge in [-0.1, -0.05) is 60.2 Å². The van der Waals surface area contributed by atoms with Gasteiger partial charge in [0.1, 0.15) is 23.0 Å². The lowest BCUT2D eigenvalue weighted by Crippen LogP contribution is -2.05. The molecule has 0 unspecified atom stereocenters. The second kappa shape index (κ2) is 11.6. The fourth-order valence-corrected chi connectivity index (χ4v) is 4.14. The first-order valence-electron chi connectivity index (χ1n) is 12.0. The van der Waals surface area contributed by atoms with E-state index in [-0.39, 0.29) is 23.4 Å². The van der Waals surface area contributed by atoms with Crippen molar-refractivity contribution in [3.05, 3.63) is 82.9 Å². The minimum absolute atomic E-state index is 0.198. The highest BCUT2D eigenvalue weighted by Crippen LogP contribution is 2.40. The lowest BCUT2D eigenvalue weighted by Gasteiger charge is -2.16. The van der Waals surface area contributed by atoms with Crippen LogP contribution in [0.4, 0.5) is 0 Å². The van der Waals surface area contributed by atoms with Gasteiger partial charge in [0.05, 0.1) is 0 Å². The Hall–Kier alpha value is -4.32. The van der Waals surface area contributed by atoms with Gasteiger partial charge in [-0.15, -0.1) is 0 Å². The summed E-state index contributed by atoms with van der Waals surface area (Å²) in [6, 6.07) is 16.3. The number of esters is 2. The van der Waals surface area contributed by atoms with Gasteiger partial charge in [0, 0.05) is 41.0 Å². The maximum absolute atomic E-state index is 11.4. The van der Waals surface area contributed by atoms with Crippen LogP contribution in [-0.4, -0.2) is 22.2 Å². The second-order valence-corrected chi connectivity index (χ2v) is 9.09. The fraction of sp³-hybridized carbons (Fsp3) is 0.226. The molecule has 6 nitrogen and oxygen atoms in total.